The monoisotopic (exact) mass is 173 g/mol. The highest BCUT2D eigenvalue weighted by molar-refractivity contribution is 5.83. The summed E-state index contributed by atoms with van der Waals surface area (Å²) in [6.07, 6.45) is 0. The van der Waals surface area contributed by atoms with Crippen molar-refractivity contribution in [2.45, 2.75) is 13.8 Å². The van der Waals surface area contributed by atoms with Crippen molar-refractivity contribution in [1.82, 2.24) is 10.6 Å². The van der Waals surface area contributed by atoms with E-state index in [1.165, 1.54) is 0 Å². The van der Waals surface area contributed by atoms with Crippen LogP contribution >= 0.6 is 0 Å². The Hall–Kier alpha value is -1.26. The first-order valence-corrected chi connectivity index (χ1v) is 3.82. The van der Waals surface area contributed by atoms with E-state index < -0.39 is 6.03 Å². The number of hydrogen-bond acceptors (Lipinski definition) is 2. The lowest BCUT2D eigenvalue weighted by atomic mass is 10.2. The van der Waals surface area contributed by atoms with E-state index in [0.717, 1.165) is 0 Å². The Morgan fingerprint density at radius 3 is 2.33 bits per heavy atom. The zero-order valence-corrected chi connectivity index (χ0v) is 7.39. The van der Waals surface area contributed by atoms with E-state index in [2.05, 4.69) is 10.6 Å². The molecule has 4 N–H and O–H groups in total. The highest BCUT2D eigenvalue weighted by Gasteiger charge is 2.01. The second-order valence-corrected chi connectivity index (χ2v) is 2.92. The van der Waals surface area contributed by atoms with Crippen molar-refractivity contribution in [2.24, 2.45) is 11.7 Å². The molecule has 0 aromatic rings. The minimum Gasteiger partial charge on any atom is -0.354 e. The van der Waals surface area contributed by atoms with E-state index in [0.29, 0.717) is 12.5 Å². The van der Waals surface area contributed by atoms with Gasteiger partial charge in [0.2, 0.25) is 5.91 Å². The maximum absolute atomic E-state index is 10.9. The third kappa shape index (κ3) is 6.85. The summed E-state index contributed by atoms with van der Waals surface area (Å²) >= 11 is 0. The van der Waals surface area contributed by atoms with E-state index in [4.69, 9.17) is 5.73 Å². The molecule has 0 aliphatic rings. The molecule has 12 heavy (non-hydrogen) atoms. The molecule has 0 fully saturated rings. The number of primary amides is 1. The van der Waals surface area contributed by atoms with Gasteiger partial charge in [-0.25, -0.2) is 4.79 Å². The quantitative estimate of drug-likeness (QED) is 0.531. The van der Waals surface area contributed by atoms with Crippen molar-refractivity contribution in [1.29, 1.82) is 0 Å². The summed E-state index contributed by atoms with van der Waals surface area (Å²) in [5, 5.41) is 4.82. The molecule has 5 heteroatoms. The number of nitrogens with one attached hydrogen (secondary N) is 2. The molecule has 5 nitrogen and oxygen atoms in total. The third-order valence-electron chi connectivity index (χ3n) is 1.13. The third-order valence-corrected chi connectivity index (χ3v) is 1.13. The molecule has 0 saturated heterocycles. The highest BCUT2D eigenvalue weighted by Crippen LogP contribution is 1.85. The second kappa shape index (κ2) is 5.40. The van der Waals surface area contributed by atoms with Gasteiger partial charge in [-0.3, -0.25) is 4.79 Å². The molecule has 0 bridgehead atoms. The first-order valence-electron chi connectivity index (χ1n) is 3.82. The molecule has 3 amide bonds. The summed E-state index contributed by atoms with van der Waals surface area (Å²) in [7, 11) is 0. The fourth-order valence-electron chi connectivity index (χ4n) is 0.548. The Morgan fingerprint density at radius 2 is 1.92 bits per heavy atom. The van der Waals surface area contributed by atoms with E-state index in [1.807, 2.05) is 13.8 Å². The zero-order chi connectivity index (χ0) is 9.56. The van der Waals surface area contributed by atoms with Gasteiger partial charge in [0.25, 0.3) is 0 Å². The molecule has 0 radical (unpaired) electrons. The maximum Gasteiger partial charge on any atom is 0.312 e. The van der Waals surface area contributed by atoms with Crippen LogP contribution in [0.4, 0.5) is 4.79 Å². The van der Waals surface area contributed by atoms with Gasteiger partial charge in [0.15, 0.2) is 0 Å². The Labute approximate surface area is 71.7 Å². The SMILES string of the molecule is CC(C)CNC(=O)CNC(N)=O. The lowest BCUT2D eigenvalue weighted by molar-refractivity contribution is -0.120. The van der Waals surface area contributed by atoms with E-state index in [9.17, 15) is 9.59 Å². The van der Waals surface area contributed by atoms with E-state index in [-0.39, 0.29) is 12.5 Å². The standard InChI is InChI=1S/C7H15N3O2/c1-5(2)3-9-6(11)4-10-7(8)12/h5H,3-4H2,1-2H3,(H,9,11)(H3,8,10,12). The van der Waals surface area contributed by atoms with Gasteiger partial charge in [-0.2, -0.15) is 0 Å². The first kappa shape index (κ1) is 10.7. The number of carbonyl (C=O) groups is 2. The maximum atomic E-state index is 10.9. The van der Waals surface area contributed by atoms with Crippen molar-refractivity contribution >= 4 is 11.9 Å². The molecule has 0 atom stereocenters. The topological polar surface area (TPSA) is 84.2 Å². The zero-order valence-electron chi connectivity index (χ0n) is 7.39. The number of urea groups is 1. The summed E-state index contributed by atoms with van der Waals surface area (Å²) in [5.41, 5.74) is 4.77. The lowest BCUT2D eigenvalue weighted by Gasteiger charge is -2.06. The number of hydrogen-bond donors (Lipinski definition) is 3. The van der Waals surface area contributed by atoms with Crippen LogP contribution in [0.1, 0.15) is 13.8 Å². The van der Waals surface area contributed by atoms with E-state index >= 15 is 0 Å². The van der Waals surface area contributed by atoms with Crippen LogP contribution in [0.3, 0.4) is 0 Å². The van der Waals surface area contributed by atoms with Gasteiger partial charge in [-0.05, 0) is 5.92 Å². The normalized spacial score (nSPS) is 9.58. The lowest BCUT2D eigenvalue weighted by Crippen LogP contribution is -2.40. The predicted octanol–water partition coefficient (Wildman–Crippen LogP) is -0.573. The summed E-state index contributed by atoms with van der Waals surface area (Å²) < 4.78 is 0. The van der Waals surface area contributed by atoms with Crippen molar-refractivity contribution in [2.75, 3.05) is 13.1 Å². The molecule has 0 spiro atoms. The van der Waals surface area contributed by atoms with Crippen LogP contribution in [0.15, 0.2) is 0 Å². The number of nitrogens with two attached hydrogens (primary N) is 1. The van der Waals surface area contributed by atoms with Crippen LogP contribution in [0, 0.1) is 5.92 Å². The molecular formula is C7H15N3O2. The van der Waals surface area contributed by atoms with Gasteiger partial charge >= 0.3 is 6.03 Å². The molecule has 0 saturated carbocycles. The van der Waals surface area contributed by atoms with Gasteiger partial charge in [-0.1, -0.05) is 13.8 Å². The van der Waals surface area contributed by atoms with Crippen molar-refractivity contribution in [3.05, 3.63) is 0 Å². The molecule has 0 aromatic heterocycles. The molecule has 0 heterocycles. The Balaban J connectivity index is 3.40. The van der Waals surface area contributed by atoms with Gasteiger partial charge in [-0.15, -0.1) is 0 Å². The smallest absolute Gasteiger partial charge is 0.312 e. The van der Waals surface area contributed by atoms with Crippen molar-refractivity contribution < 1.29 is 9.59 Å². The Morgan fingerprint density at radius 1 is 1.33 bits per heavy atom. The van der Waals surface area contributed by atoms with E-state index in [1.54, 1.807) is 0 Å². The summed E-state index contributed by atoms with van der Waals surface area (Å²) in [6, 6.07) is -0.685. The van der Waals surface area contributed by atoms with Crippen LogP contribution in [-0.2, 0) is 4.79 Å². The summed E-state index contributed by atoms with van der Waals surface area (Å²) in [5.74, 6) is 0.185. The number of carbonyl (C=O) groups excluding carboxylic acids is 2. The number of amides is 3. The van der Waals surface area contributed by atoms with Crippen molar-refractivity contribution in [3.8, 4) is 0 Å². The van der Waals surface area contributed by atoms with Crippen LogP contribution in [-0.4, -0.2) is 25.0 Å². The van der Waals surface area contributed by atoms with Crippen LogP contribution in [0.2, 0.25) is 0 Å². The predicted molar refractivity (Wildman–Crippen MR) is 45.4 cm³/mol. The van der Waals surface area contributed by atoms with Crippen LogP contribution in [0.25, 0.3) is 0 Å². The summed E-state index contributed by atoms with van der Waals surface area (Å²) in [6.45, 7) is 4.53. The molecule has 0 aliphatic carbocycles. The van der Waals surface area contributed by atoms with Gasteiger partial charge < -0.3 is 16.4 Å². The highest BCUT2D eigenvalue weighted by atomic mass is 16.2. The molecule has 70 valence electrons. The number of rotatable bonds is 4. The first-order chi connectivity index (χ1) is 5.52. The van der Waals surface area contributed by atoms with Crippen LogP contribution < -0.4 is 16.4 Å². The Bertz CT molecular complexity index is 168. The molecule has 0 aromatic carbocycles. The second-order valence-electron chi connectivity index (χ2n) is 2.92. The Kier molecular flexibility index (Phi) is 4.83. The molecule has 0 rings (SSSR count). The van der Waals surface area contributed by atoms with Crippen LogP contribution in [0.5, 0.6) is 0 Å². The fraction of sp³-hybridized carbons (Fsp3) is 0.714. The fourth-order valence-corrected chi connectivity index (χ4v) is 0.548. The minimum atomic E-state index is -0.685. The van der Waals surface area contributed by atoms with Gasteiger partial charge in [0, 0.05) is 6.54 Å². The average molecular weight is 173 g/mol. The van der Waals surface area contributed by atoms with Crippen molar-refractivity contribution in [3.63, 3.8) is 0 Å². The summed E-state index contributed by atoms with van der Waals surface area (Å²) in [4.78, 5) is 21.0. The molecule has 0 aliphatic heterocycles. The molecular weight excluding hydrogens is 158 g/mol. The van der Waals surface area contributed by atoms with Gasteiger partial charge in [0.1, 0.15) is 0 Å². The largest absolute Gasteiger partial charge is 0.354 e. The minimum absolute atomic E-state index is 0.0535. The molecule has 0 unspecified atom stereocenters. The van der Waals surface area contributed by atoms with Gasteiger partial charge in [0.05, 0.1) is 6.54 Å². The average Bonchev–Trinajstić information content (AvgIpc) is 1.96.